The summed E-state index contributed by atoms with van der Waals surface area (Å²) < 4.78 is 41.3. The number of carbonyl (C=O) groups excluding carboxylic acids is 1. The van der Waals surface area contributed by atoms with Crippen LogP contribution in [0.3, 0.4) is 0 Å². The number of Topliss-reactive ketones (excluding diaryl/α,β-unsaturated/α-hetero) is 1. The standard InChI is InChI=1S/C23H21F3N2OS/c1-13(21(29)16-6-5-14-3-2-4-15(14)11-16)30-22-27-19-12-17(23(24,25)26)7-10-20(19)28(22)18-8-9-18/h5-7,10-13,18H,2-4,8-9H2,1H3. The van der Waals surface area contributed by atoms with E-state index in [2.05, 4.69) is 4.98 Å². The number of fused-ring (bicyclic) bond motifs is 2. The highest BCUT2D eigenvalue weighted by molar-refractivity contribution is 8.00. The lowest BCUT2D eigenvalue weighted by molar-refractivity contribution is -0.137. The Bertz CT molecular complexity index is 1150. The maximum atomic E-state index is 13.1. The number of ketones is 1. The summed E-state index contributed by atoms with van der Waals surface area (Å²) in [6.45, 7) is 1.85. The molecule has 0 radical (unpaired) electrons. The van der Waals surface area contributed by atoms with Crippen molar-refractivity contribution in [1.29, 1.82) is 0 Å². The smallest absolute Gasteiger partial charge is 0.316 e. The SMILES string of the molecule is CC(Sc1nc2cc(C(F)(F)F)ccc2n1C1CC1)C(=O)c1ccc2c(c1)CCC2. The molecule has 156 valence electrons. The van der Waals surface area contributed by atoms with Crippen LogP contribution in [0.4, 0.5) is 13.2 Å². The van der Waals surface area contributed by atoms with Crippen LogP contribution in [0.5, 0.6) is 0 Å². The minimum absolute atomic E-state index is 0.0279. The zero-order valence-corrected chi connectivity index (χ0v) is 17.3. The first-order chi connectivity index (χ1) is 14.3. The molecular formula is C23H21F3N2OS. The highest BCUT2D eigenvalue weighted by Gasteiger charge is 2.33. The van der Waals surface area contributed by atoms with Gasteiger partial charge in [0.2, 0.25) is 0 Å². The van der Waals surface area contributed by atoms with E-state index in [-0.39, 0.29) is 17.1 Å². The fourth-order valence-corrected chi connectivity index (χ4v) is 5.26. The molecule has 1 saturated carbocycles. The van der Waals surface area contributed by atoms with Gasteiger partial charge in [-0.15, -0.1) is 0 Å². The van der Waals surface area contributed by atoms with Gasteiger partial charge in [0.15, 0.2) is 10.9 Å². The van der Waals surface area contributed by atoms with Crippen LogP contribution in [0.25, 0.3) is 11.0 Å². The molecule has 0 N–H and O–H groups in total. The Kier molecular flexibility index (Phi) is 4.69. The number of carbonyl (C=O) groups is 1. The Balaban J connectivity index is 1.45. The predicted octanol–water partition coefficient (Wildman–Crippen LogP) is 6.24. The van der Waals surface area contributed by atoms with Gasteiger partial charge in [0.05, 0.1) is 21.8 Å². The first-order valence-corrected chi connectivity index (χ1v) is 11.1. The van der Waals surface area contributed by atoms with E-state index in [0.29, 0.717) is 21.8 Å². The van der Waals surface area contributed by atoms with Gasteiger partial charge in [-0.3, -0.25) is 4.79 Å². The van der Waals surface area contributed by atoms with Crippen LogP contribution < -0.4 is 0 Å². The van der Waals surface area contributed by atoms with Crippen LogP contribution in [0.2, 0.25) is 0 Å². The topological polar surface area (TPSA) is 34.9 Å². The normalized spacial score (nSPS) is 17.3. The molecule has 5 rings (SSSR count). The van der Waals surface area contributed by atoms with E-state index in [9.17, 15) is 18.0 Å². The van der Waals surface area contributed by atoms with Gasteiger partial charge in [-0.25, -0.2) is 4.98 Å². The summed E-state index contributed by atoms with van der Waals surface area (Å²) in [6.07, 6.45) is 0.765. The van der Waals surface area contributed by atoms with Crippen molar-refractivity contribution in [3.05, 3.63) is 58.7 Å². The monoisotopic (exact) mass is 430 g/mol. The summed E-state index contributed by atoms with van der Waals surface area (Å²) in [4.78, 5) is 17.5. The number of thioether (sulfide) groups is 1. The first-order valence-electron chi connectivity index (χ1n) is 10.2. The van der Waals surface area contributed by atoms with Crippen molar-refractivity contribution in [3.8, 4) is 0 Å². The molecule has 1 heterocycles. The lowest BCUT2D eigenvalue weighted by Gasteiger charge is -2.13. The Morgan fingerprint density at radius 1 is 1.13 bits per heavy atom. The van der Waals surface area contributed by atoms with E-state index >= 15 is 0 Å². The summed E-state index contributed by atoms with van der Waals surface area (Å²) in [7, 11) is 0. The molecule has 2 aromatic carbocycles. The highest BCUT2D eigenvalue weighted by Crippen LogP contribution is 2.43. The van der Waals surface area contributed by atoms with E-state index < -0.39 is 11.7 Å². The van der Waals surface area contributed by atoms with E-state index in [1.807, 2.05) is 29.7 Å². The Hall–Kier alpha value is -2.28. The molecular weight excluding hydrogens is 409 g/mol. The third-order valence-electron chi connectivity index (χ3n) is 5.93. The molecule has 1 aromatic heterocycles. The van der Waals surface area contributed by atoms with Crippen molar-refractivity contribution in [2.24, 2.45) is 0 Å². The maximum absolute atomic E-state index is 13.1. The van der Waals surface area contributed by atoms with Crippen molar-refractivity contribution in [1.82, 2.24) is 9.55 Å². The minimum atomic E-state index is -4.40. The molecule has 1 unspecified atom stereocenters. The van der Waals surface area contributed by atoms with Crippen molar-refractivity contribution >= 4 is 28.6 Å². The Labute approximate surface area is 176 Å². The fourth-order valence-electron chi connectivity index (χ4n) is 4.19. The van der Waals surface area contributed by atoms with Gasteiger partial charge in [0.1, 0.15) is 0 Å². The van der Waals surface area contributed by atoms with E-state index in [1.165, 1.54) is 29.0 Å². The summed E-state index contributed by atoms with van der Waals surface area (Å²) in [5.41, 5.74) is 3.60. The molecule has 2 aliphatic rings. The minimum Gasteiger partial charge on any atom is -0.316 e. The van der Waals surface area contributed by atoms with Crippen LogP contribution in [0.1, 0.15) is 59.3 Å². The number of alkyl halides is 3. The van der Waals surface area contributed by atoms with Gasteiger partial charge in [0, 0.05) is 11.6 Å². The van der Waals surface area contributed by atoms with Gasteiger partial charge in [-0.05, 0) is 74.4 Å². The van der Waals surface area contributed by atoms with E-state index in [4.69, 9.17) is 0 Å². The van der Waals surface area contributed by atoms with Crippen molar-refractivity contribution in [3.63, 3.8) is 0 Å². The predicted molar refractivity (Wildman–Crippen MR) is 111 cm³/mol. The van der Waals surface area contributed by atoms with Gasteiger partial charge < -0.3 is 4.57 Å². The van der Waals surface area contributed by atoms with Crippen LogP contribution >= 0.6 is 11.8 Å². The molecule has 2 aliphatic carbocycles. The van der Waals surface area contributed by atoms with Crippen LogP contribution in [-0.4, -0.2) is 20.6 Å². The summed E-state index contributed by atoms with van der Waals surface area (Å²) in [5, 5.41) is 0.245. The zero-order chi connectivity index (χ0) is 21.0. The van der Waals surface area contributed by atoms with Crippen molar-refractivity contribution in [2.45, 2.75) is 61.7 Å². The van der Waals surface area contributed by atoms with Crippen LogP contribution in [0, 0.1) is 0 Å². The Morgan fingerprint density at radius 2 is 1.90 bits per heavy atom. The highest BCUT2D eigenvalue weighted by atomic mass is 32.2. The Morgan fingerprint density at radius 3 is 2.63 bits per heavy atom. The summed E-state index contributed by atoms with van der Waals surface area (Å²) in [6, 6.07) is 9.90. The van der Waals surface area contributed by atoms with Crippen molar-refractivity contribution in [2.75, 3.05) is 0 Å². The molecule has 7 heteroatoms. The second-order valence-corrected chi connectivity index (χ2v) is 9.47. The van der Waals surface area contributed by atoms with Crippen LogP contribution in [-0.2, 0) is 19.0 Å². The maximum Gasteiger partial charge on any atom is 0.416 e. The molecule has 30 heavy (non-hydrogen) atoms. The molecule has 0 saturated heterocycles. The number of benzene rings is 2. The molecule has 1 fully saturated rings. The second-order valence-electron chi connectivity index (χ2n) is 8.16. The lowest BCUT2D eigenvalue weighted by Crippen LogP contribution is -2.15. The van der Waals surface area contributed by atoms with Gasteiger partial charge in [-0.2, -0.15) is 13.2 Å². The van der Waals surface area contributed by atoms with E-state index in [0.717, 1.165) is 44.2 Å². The summed E-state index contributed by atoms with van der Waals surface area (Å²) >= 11 is 1.33. The molecule has 3 aromatic rings. The van der Waals surface area contributed by atoms with Crippen molar-refractivity contribution < 1.29 is 18.0 Å². The average molecular weight is 430 g/mol. The quantitative estimate of drug-likeness (QED) is 0.355. The average Bonchev–Trinajstić information content (AvgIpc) is 3.31. The number of halogens is 3. The largest absolute Gasteiger partial charge is 0.416 e. The third-order valence-corrected chi connectivity index (χ3v) is 7.00. The van der Waals surface area contributed by atoms with Gasteiger partial charge in [-0.1, -0.05) is 23.9 Å². The van der Waals surface area contributed by atoms with Crippen LogP contribution in [0.15, 0.2) is 41.6 Å². The number of rotatable bonds is 5. The fraction of sp³-hybridized carbons (Fsp3) is 0.391. The van der Waals surface area contributed by atoms with Gasteiger partial charge in [0.25, 0.3) is 0 Å². The molecule has 3 nitrogen and oxygen atoms in total. The molecule has 0 spiro atoms. The zero-order valence-electron chi connectivity index (χ0n) is 16.5. The third kappa shape index (κ3) is 3.53. The van der Waals surface area contributed by atoms with Gasteiger partial charge >= 0.3 is 6.18 Å². The summed E-state index contributed by atoms with van der Waals surface area (Å²) in [5.74, 6) is 0.0279. The molecule has 1 atom stereocenters. The number of imidazole rings is 1. The molecule has 0 amide bonds. The number of hydrogen-bond donors (Lipinski definition) is 0. The lowest BCUT2D eigenvalue weighted by atomic mass is 10.0. The number of nitrogens with zero attached hydrogens (tertiary/aromatic N) is 2. The molecule has 0 aliphatic heterocycles. The number of aryl methyl sites for hydroxylation is 2. The first kappa shape index (κ1) is 19.7. The number of hydrogen-bond acceptors (Lipinski definition) is 3. The molecule has 0 bridgehead atoms. The second kappa shape index (κ2) is 7.15. The number of aromatic nitrogens is 2. The van der Waals surface area contributed by atoms with E-state index in [1.54, 1.807) is 0 Å².